The molecule has 4 aliphatic rings. The van der Waals surface area contributed by atoms with E-state index in [2.05, 4.69) is 152 Å². The lowest BCUT2D eigenvalue weighted by Gasteiger charge is -2.34. The highest BCUT2D eigenvalue weighted by atomic mass is 15.2. The number of hydrogen-bond acceptors (Lipinski definition) is 2. The van der Waals surface area contributed by atoms with E-state index in [1.54, 1.807) is 16.7 Å². The minimum absolute atomic E-state index is 0.468. The number of unbranched alkanes of at least 4 members (excludes halogenated alkanes) is 1. The van der Waals surface area contributed by atoms with Crippen molar-refractivity contribution in [2.75, 3.05) is 13.1 Å². The van der Waals surface area contributed by atoms with Gasteiger partial charge in [-0.05, 0) is 118 Å². The maximum Gasteiger partial charge on any atom is 0.0389 e. The molecule has 1 N–H and O–H groups in total. The van der Waals surface area contributed by atoms with E-state index >= 15 is 0 Å². The highest BCUT2D eigenvalue weighted by Crippen LogP contribution is 2.41. The Labute approximate surface area is 349 Å². The third kappa shape index (κ3) is 17.6. The number of nitrogens with zero attached hydrogens (tertiary/aromatic N) is 1. The molecule has 1 heterocycles. The molecule has 0 saturated carbocycles. The van der Waals surface area contributed by atoms with Gasteiger partial charge in [0.25, 0.3) is 0 Å². The van der Waals surface area contributed by atoms with E-state index in [0.717, 1.165) is 37.0 Å². The molecule has 0 spiro atoms. The molecule has 0 radical (unpaired) electrons. The molecular formula is C54H88N2. The number of hydrogen-bond donors (Lipinski definition) is 1. The Morgan fingerprint density at radius 1 is 0.911 bits per heavy atom. The summed E-state index contributed by atoms with van der Waals surface area (Å²) in [6.07, 6.45) is 33.4. The molecular weight excluding hydrogens is 677 g/mol. The zero-order valence-corrected chi connectivity index (χ0v) is 39.0. The fraction of sp³-hybridized carbons (Fsp3) is 0.593. The van der Waals surface area contributed by atoms with Gasteiger partial charge in [-0.25, -0.2) is 0 Å². The Balaban J connectivity index is 0.000000588. The fourth-order valence-corrected chi connectivity index (χ4v) is 8.31. The molecule has 0 amide bonds. The summed E-state index contributed by atoms with van der Waals surface area (Å²) in [6.45, 7) is 36.1. The zero-order valence-electron chi connectivity index (χ0n) is 39.0. The van der Waals surface area contributed by atoms with Crippen LogP contribution in [-0.4, -0.2) is 24.0 Å². The average Bonchev–Trinajstić information content (AvgIpc) is 3.45. The molecule has 3 atom stereocenters. The summed E-state index contributed by atoms with van der Waals surface area (Å²) in [5, 5.41) is 3.81. The van der Waals surface area contributed by atoms with Crippen molar-refractivity contribution >= 4 is 0 Å². The van der Waals surface area contributed by atoms with Gasteiger partial charge >= 0.3 is 0 Å². The van der Waals surface area contributed by atoms with Crippen LogP contribution in [0.15, 0.2) is 119 Å². The lowest BCUT2D eigenvalue weighted by atomic mass is 9.86. The van der Waals surface area contributed by atoms with Gasteiger partial charge in [-0.1, -0.05) is 191 Å². The predicted molar refractivity (Wildman–Crippen MR) is 254 cm³/mol. The van der Waals surface area contributed by atoms with Crippen LogP contribution in [0.1, 0.15) is 171 Å². The Bertz CT molecular complexity index is 1470. The smallest absolute Gasteiger partial charge is 0.0389 e. The molecule has 56 heavy (non-hydrogen) atoms. The van der Waals surface area contributed by atoms with Crippen LogP contribution in [0.2, 0.25) is 0 Å². The standard InChI is InChI=1S/C32H48N2.C15H20.C3H8.2C2H6/c1-7-12-28(13-8-2)21-32-25(4)17-18-29(20-26(32)5)27(6)33-31-16-11-19-34(23-31)22-30-15-10-9-14-24(30)3;1-3-4-5-8-13-11-14-9-6-7-10-15(14)12(13)2;1-3-2;2*1-2/h9-10,14-15,18,20,28,31,33H,6-8,11-13,16-17,19,21-23H2,1-5H3;5-10,14-15H,3-4,11H2,1-2H3;3H2,1-2H3;2*1-2H3/b;8-5-;;;. The molecule has 1 saturated heterocycles. The molecule has 5 rings (SSSR count). The van der Waals surface area contributed by atoms with E-state index < -0.39 is 0 Å². The number of allylic oxidation sites excluding steroid dienone is 13. The second-order valence-electron chi connectivity index (χ2n) is 16.0. The van der Waals surface area contributed by atoms with Crippen molar-refractivity contribution in [1.82, 2.24) is 10.2 Å². The van der Waals surface area contributed by atoms with E-state index in [1.807, 2.05) is 27.7 Å². The van der Waals surface area contributed by atoms with Crippen molar-refractivity contribution in [2.45, 2.75) is 180 Å². The van der Waals surface area contributed by atoms with Crippen molar-refractivity contribution in [1.29, 1.82) is 0 Å². The number of piperidine rings is 1. The number of aryl methyl sites for hydroxylation is 1. The molecule has 3 unspecified atom stereocenters. The lowest BCUT2D eigenvalue weighted by Crippen LogP contribution is -2.45. The third-order valence-corrected chi connectivity index (χ3v) is 11.3. The van der Waals surface area contributed by atoms with Gasteiger partial charge in [0.2, 0.25) is 0 Å². The molecule has 0 aromatic heterocycles. The number of likely N-dealkylation sites (tertiary alicyclic amines) is 1. The number of rotatable bonds is 14. The second-order valence-corrected chi connectivity index (χ2v) is 16.0. The van der Waals surface area contributed by atoms with Crippen LogP contribution in [0.3, 0.4) is 0 Å². The van der Waals surface area contributed by atoms with Gasteiger partial charge in [-0.2, -0.15) is 0 Å². The van der Waals surface area contributed by atoms with Crippen LogP contribution in [0, 0.1) is 24.7 Å². The largest absolute Gasteiger partial charge is 0.381 e. The normalized spacial score (nSPS) is 20.3. The summed E-state index contributed by atoms with van der Waals surface area (Å²) < 4.78 is 0. The first-order chi connectivity index (χ1) is 27.1. The summed E-state index contributed by atoms with van der Waals surface area (Å²) in [4.78, 5) is 2.60. The highest BCUT2D eigenvalue weighted by Gasteiger charge is 2.28. The monoisotopic (exact) mass is 765 g/mol. The van der Waals surface area contributed by atoms with Gasteiger partial charge in [0, 0.05) is 30.7 Å². The van der Waals surface area contributed by atoms with Crippen molar-refractivity contribution in [3.05, 3.63) is 130 Å². The maximum absolute atomic E-state index is 4.48. The van der Waals surface area contributed by atoms with Crippen molar-refractivity contribution in [3.63, 3.8) is 0 Å². The number of benzene rings is 1. The maximum atomic E-state index is 4.48. The van der Waals surface area contributed by atoms with Crippen molar-refractivity contribution in [2.24, 2.45) is 17.8 Å². The first-order valence-corrected chi connectivity index (χ1v) is 23.2. The van der Waals surface area contributed by atoms with Crippen LogP contribution in [0.4, 0.5) is 0 Å². The van der Waals surface area contributed by atoms with Gasteiger partial charge in [-0.15, -0.1) is 0 Å². The van der Waals surface area contributed by atoms with Crippen LogP contribution < -0.4 is 5.32 Å². The Hall–Kier alpha value is -3.10. The molecule has 1 fully saturated rings. The highest BCUT2D eigenvalue weighted by molar-refractivity contribution is 5.48. The molecule has 3 aliphatic carbocycles. The van der Waals surface area contributed by atoms with Crippen LogP contribution in [-0.2, 0) is 6.54 Å². The summed E-state index contributed by atoms with van der Waals surface area (Å²) in [5.74, 6) is 2.22. The SMILES string of the molecule is C=C(NC1CCCN(Cc2ccccc2C)C1)C1=CCC(C)=C(CC(CCC)CCC)C(C)=C1.CC.CC.CCC.CCC/C=C\C1=C(C)C2C=CC=CC2C1. The van der Waals surface area contributed by atoms with E-state index in [1.165, 1.54) is 105 Å². The molecule has 1 aromatic rings. The average molecular weight is 765 g/mol. The van der Waals surface area contributed by atoms with Gasteiger partial charge < -0.3 is 5.32 Å². The molecule has 1 aromatic carbocycles. The summed E-state index contributed by atoms with van der Waals surface area (Å²) in [7, 11) is 0. The Morgan fingerprint density at radius 2 is 1.57 bits per heavy atom. The van der Waals surface area contributed by atoms with Crippen LogP contribution in [0.5, 0.6) is 0 Å². The fourth-order valence-electron chi connectivity index (χ4n) is 8.31. The van der Waals surface area contributed by atoms with Crippen LogP contribution >= 0.6 is 0 Å². The molecule has 2 nitrogen and oxygen atoms in total. The number of fused-ring (bicyclic) bond motifs is 1. The van der Waals surface area contributed by atoms with Gasteiger partial charge in [0.15, 0.2) is 0 Å². The molecule has 1 aliphatic heterocycles. The quantitative estimate of drug-likeness (QED) is 0.203. The number of nitrogens with one attached hydrogen (secondary N) is 1. The van der Waals surface area contributed by atoms with E-state index in [0.29, 0.717) is 12.0 Å². The van der Waals surface area contributed by atoms with Gasteiger partial charge in [0.05, 0.1) is 0 Å². The minimum Gasteiger partial charge on any atom is -0.381 e. The molecule has 2 heteroatoms. The second kappa shape index (κ2) is 30.0. The predicted octanol–water partition coefficient (Wildman–Crippen LogP) is 16.2. The summed E-state index contributed by atoms with van der Waals surface area (Å²) in [5.41, 5.74) is 12.9. The van der Waals surface area contributed by atoms with Crippen LogP contribution in [0.25, 0.3) is 0 Å². The molecule has 0 bridgehead atoms. The lowest BCUT2D eigenvalue weighted by molar-refractivity contribution is 0.189. The van der Waals surface area contributed by atoms with E-state index in [-0.39, 0.29) is 0 Å². The zero-order chi connectivity index (χ0) is 41.9. The Morgan fingerprint density at radius 3 is 2.20 bits per heavy atom. The summed E-state index contributed by atoms with van der Waals surface area (Å²) >= 11 is 0. The topological polar surface area (TPSA) is 15.3 Å². The Kier molecular flexibility index (Phi) is 27.3. The van der Waals surface area contributed by atoms with Gasteiger partial charge in [-0.3, -0.25) is 4.90 Å². The van der Waals surface area contributed by atoms with Crippen molar-refractivity contribution in [3.8, 4) is 0 Å². The van der Waals surface area contributed by atoms with Gasteiger partial charge in [0.1, 0.15) is 0 Å². The summed E-state index contributed by atoms with van der Waals surface area (Å²) in [6, 6.07) is 9.26. The first-order valence-electron chi connectivity index (χ1n) is 23.2. The van der Waals surface area contributed by atoms with E-state index in [9.17, 15) is 0 Å². The third-order valence-electron chi connectivity index (χ3n) is 11.3. The first kappa shape index (κ1) is 50.9. The van der Waals surface area contributed by atoms with E-state index in [4.69, 9.17) is 0 Å². The molecule has 314 valence electrons. The van der Waals surface area contributed by atoms with Crippen molar-refractivity contribution < 1.29 is 0 Å². The minimum atomic E-state index is 0.468.